The van der Waals surface area contributed by atoms with Crippen molar-refractivity contribution >= 4 is 28.5 Å². The van der Waals surface area contributed by atoms with E-state index < -0.39 is 17.7 Å². The normalized spacial score (nSPS) is 16.5. The smallest absolute Gasteiger partial charge is 0.254 e. The van der Waals surface area contributed by atoms with Crippen LogP contribution in [0.5, 0.6) is 0 Å². The van der Waals surface area contributed by atoms with Gasteiger partial charge in [-0.1, -0.05) is 56.3 Å². The number of amides is 3. The van der Waals surface area contributed by atoms with Crippen LogP contribution >= 0.6 is 0 Å². The highest BCUT2D eigenvalue weighted by atomic mass is 16.5. The van der Waals surface area contributed by atoms with Gasteiger partial charge in [0.15, 0.2) is 0 Å². The van der Waals surface area contributed by atoms with Crippen LogP contribution < -0.4 is 16.0 Å². The Hall–Kier alpha value is -2.97. The van der Waals surface area contributed by atoms with Crippen molar-refractivity contribution in [1.29, 1.82) is 0 Å². The number of rotatable bonds is 14. The van der Waals surface area contributed by atoms with Gasteiger partial charge in [0.05, 0.1) is 0 Å². The highest BCUT2D eigenvalue weighted by Crippen LogP contribution is 2.23. The van der Waals surface area contributed by atoms with Crippen LogP contribution in [-0.4, -0.2) is 73.6 Å². The number of carbonyl (C=O) groups excluding carboxylic acids is 3. The van der Waals surface area contributed by atoms with E-state index >= 15 is 0 Å². The molecule has 3 amide bonds. The molecule has 8 heteroatoms. The number of ether oxygens (including phenoxy) is 1. The summed E-state index contributed by atoms with van der Waals surface area (Å²) < 4.78 is 5.37. The number of nitrogens with zero attached hydrogens (tertiary/aromatic N) is 1. The zero-order valence-corrected chi connectivity index (χ0v) is 24.2. The fraction of sp³-hybridized carbons (Fsp3) is 0.581. The number of hydrogen-bond donors (Lipinski definition) is 3. The van der Waals surface area contributed by atoms with E-state index in [2.05, 4.69) is 35.9 Å². The van der Waals surface area contributed by atoms with Crippen LogP contribution in [0.2, 0.25) is 0 Å². The van der Waals surface area contributed by atoms with Crippen LogP contribution in [0.3, 0.4) is 0 Å². The van der Waals surface area contributed by atoms with Crippen molar-refractivity contribution in [3.8, 4) is 0 Å². The maximum Gasteiger partial charge on any atom is 0.254 e. The number of nitrogens with one attached hydrogen (secondary N) is 3. The predicted octanol–water partition coefficient (Wildman–Crippen LogP) is 3.43. The minimum atomic E-state index is -1.02. The summed E-state index contributed by atoms with van der Waals surface area (Å²) >= 11 is 0. The molecule has 1 heterocycles. The number of carbonyl (C=O) groups is 3. The van der Waals surface area contributed by atoms with Crippen LogP contribution in [0, 0.1) is 5.92 Å². The van der Waals surface area contributed by atoms with Gasteiger partial charge in [0, 0.05) is 26.6 Å². The summed E-state index contributed by atoms with van der Waals surface area (Å²) in [5.41, 5.74) is -0.0575. The minimum Gasteiger partial charge on any atom is -0.369 e. The molecule has 2 unspecified atom stereocenters. The Kier molecular flexibility index (Phi) is 11.3. The molecule has 1 saturated heterocycles. The van der Waals surface area contributed by atoms with Gasteiger partial charge < -0.3 is 25.6 Å². The van der Waals surface area contributed by atoms with Crippen molar-refractivity contribution in [1.82, 2.24) is 20.9 Å². The Morgan fingerprint density at radius 3 is 2.51 bits per heavy atom. The first-order valence-corrected chi connectivity index (χ1v) is 14.2. The van der Waals surface area contributed by atoms with Gasteiger partial charge in [-0.3, -0.25) is 14.4 Å². The van der Waals surface area contributed by atoms with Gasteiger partial charge >= 0.3 is 0 Å². The second kappa shape index (κ2) is 14.4. The van der Waals surface area contributed by atoms with Crippen molar-refractivity contribution in [2.75, 3.05) is 33.3 Å². The zero-order chi connectivity index (χ0) is 28.4. The first kappa shape index (κ1) is 30.6. The van der Waals surface area contributed by atoms with Crippen LogP contribution in [-0.2, 0) is 25.5 Å². The standard InChI is InChI=1S/C31H46N4O4/c1-22(2)15-18-32-16-9-17-33-28(36)26(21-23-13-14-24-10-6-7-11-25(24)20-23)34-29(37)27-12-8-19-35(27)30(38)31(3,4)39-5/h6-7,10-11,13-14,20,22,26-27,32H,8-9,12,15-19,21H2,1-5H3,(H,33,36)(H,34,37). The Balaban J connectivity index is 1.68. The molecule has 1 fully saturated rings. The van der Waals surface area contributed by atoms with Gasteiger partial charge in [-0.25, -0.2) is 0 Å². The molecule has 0 aromatic heterocycles. The zero-order valence-electron chi connectivity index (χ0n) is 24.2. The van der Waals surface area contributed by atoms with E-state index in [1.165, 1.54) is 7.11 Å². The number of hydrogen-bond acceptors (Lipinski definition) is 5. The third-order valence-electron chi connectivity index (χ3n) is 7.46. The van der Waals surface area contributed by atoms with Crippen LogP contribution in [0.15, 0.2) is 42.5 Å². The van der Waals surface area contributed by atoms with Gasteiger partial charge in [0.25, 0.3) is 5.91 Å². The number of benzene rings is 2. The van der Waals surface area contributed by atoms with E-state index in [1.54, 1.807) is 18.7 Å². The third kappa shape index (κ3) is 8.77. The van der Waals surface area contributed by atoms with Crippen LogP contribution in [0.1, 0.15) is 58.9 Å². The lowest BCUT2D eigenvalue weighted by Crippen LogP contribution is -2.56. The molecule has 0 saturated carbocycles. The fourth-order valence-corrected chi connectivity index (χ4v) is 4.86. The Labute approximate surface area is 233 Å². The predicted molar refractivity (Wildman–Crippen MR) is 155 cm³/mol. The van der Waals surface area contributed by atoms with E-state index in [1.807, 2.05) is 36.4 Å². The van der Waals surface area contributed by atoms with Gasteiger partial charge in [0.2, 0.25) is 11.8 Å². The van der Waals surface area contributed by atoms with Crippen LogP contribution in [0.25, 0.3) is 10.8 Å². The summed E-state index contributed by atoms with van der Waals surface area (Å²) in [5.74, 6) is -0.0812. The summed E-state index contributed by atoms with van der Waals surface area (Å²) in [6, 6.07) is 12.8. The lowest BCUT2D eigenvalue weighted by Gasteiger charge is -2.32. The van der Waals surface area contributed by atoms with Gasteiger partial charge in [-0.15, -0.1) is 0 Å². The van der Waals surface area contributed by atoms with Crippen LogP contribution in [0.4, 0.5) is 0 Å². The number of methoxy groups -OCH3 is 1. The molecular weight excluding hydrogens is 492 g/mol. The molecule has 2 aromatic carbocycles. The van der Waals surface area contributed by atoms with Crippen molar-refractivity contribution in [2.24, 2.45) is 5.92 Å². The number of likely N-dealkylation sites (tertiary alicyclic amines) is 1. The first-order valence-electron chi connectivity index (χ1n) is 14.2. The summed E-state index contributed by atoms with van der Waals surface area (Å²) in [5, 5.41) is 11.6. The average molecular weight is 539 g/mol. The van der Waals surface area contributed by atoms with E-state index in [4.69, 9.17) is 4.74 Å². The lowest BCUT2D eigenvalue weighted by molar-refractivity contribution is -0.154. The number of fused-ring (bicyclic) bond motifs is 1. The van der Waals surface area contributed by atoms with E-state index in [0.717, 1.165) is 48.7 Å². The maximum atomic E-state index is 13.5. The molecule has 0 bridgehead atoms. The van der Waals surface area contributed by atoms with Crippen molar-refractivity contribution in [3.63, 3.8) is 0 Å². The Bertz CT molecular complexity index is 1120. The van der Waals surface area contributed by atoms with E-state index in [9.17, 15) is 14.4 Å². The monoisotopic (exact) mass is 538 g/mol. The highest BCUT2D eigenvalue weighted by molar-refractivity contribution is 5.94. The third-order valence-corrected chi connectivity index (χ3v) is 7.46. The lowest BCUT2D eigenvalue weighted by atomic mass is 10.0. The Morgan fingerprint density at radius 2 is 1.79 bits per heavy atom. The maximum absolute atomic E-state index is 13.5. The average Bonchev–Trinajstić information content (AvgIpc) is 3.41. The molecule has 8 nitrogen and oxygen atoms in total. The first-order chi connectivity index (χ1) is 18.6. The minimum absolute atomic E-state index is 0.216. The van der Waals surface area contributed by atoms with E-state index in [-0.39, 0.29) is 17.7 Å². The summed E-state index contributed by atoms with van der Waals surface area (Å²) in [6.07, 6.45) is 3.57. The highest BCUT2D eigenvalue weighted by Gasteiger charge is 2.41. The summed E-state index contributed by atoms with van der Waals surface area (Å²) in [6.45, 7) is 10.6. The van der Waals surface area contributed by atoms with Crippen molar-refractivity contribution in [3.05, 3.63) is 48.0 Å². The SMILES string of the molecule is COC(C)(C)C(=O)N1CCCC1C(=O)NC(Cc1ccc2ccccc2c1)C(=O)NCCCNCCC(C)C. The second-order valence-electron chi connectivity index (χ2n) is 11.4. The molecular formula is C31H46N4O4. The fourth-order valence-electron chi connectivity index (χ4n) is 4.86. The molecule has 1 aliphatic heterocycles. The summed E-state index contributed by atoms with van der Waals surface area (Å²) in [4.78, 5) is 41.4. The molecule has 0 spiro atoms. The van der Waals surface area contributed by atoms with E-state index in [0.29, 0.717) is 31.8 Å². The molecule has 214 valence electrons. The molecule has 0 aliphatic carbocycles. The molecule has 2 aromatic rings. The quantitative estimate of drug-likeness (QED) is 0.320. The van der Waals surface area contributed by atoms with Gasteiger partial charge in [0.1, 0.15) is 17.7 Å². The largest absolute Gasteiger partial charge is 0.369 e. The topological polar surface area (TPSA) is 99.8 Å². The summed E-state index contributed by atoms with van der Waals surface area (Å²) in [7, 11) is 1.49. The molecule has 0 radical (unpaired) electrons. The van der Waals surface area contributed by atoms with Crippen molar-refractivity contribution in [2.45, 2.75) is 77.5 Å². The van der Waals surface area contributed by atoms with Gasteiger partial charge in [-0.05, 0) is 74.9 Å². The second-order valence-corrected chi connectivity index (χ2v) is 11.4. The Morgan fingerprint density at radius 1 is 1.05 bits per heavy atom. The molecule has 3 N–H and O–H groups in total. The molecule has 2 atom stereocenters. The molecule has 3 rings (SSSR count). The van der Waals surface area contributed by atoms with Crippen molar-refractivity contribution < 1.29 is 19.1 Å². The molecule has 1 aliphatic rings. The molecule has 39 heavy (non-hydrogen) atoms. The van der Waals surface area contributed by atoms with Gasteiger partial charge in [-0.2, -0.15) is 0 Å².